The van der Waals surface area contributed by atoms with Crippen LogP contribution in [0.3, 0.4) is 0 Å². The Morgan fingerprint density at radius 2 is 1.79 bits per heavy atom. The number of hydrogen-bond acceptors (Lipinski definition) is 5. The van der Waals surface area contributed by atoms with E-state index in [1.807, 2.05) is 42.6 Å². The number of aromatic nitrogens is 4. The maximum Gasteiger partial charge on any atom is 0.196 e. The smallest absolute Gasteiger partial charge is 0.196 e. The molecule has 4 rings (SSSR count). The van der Waals surface area contributed by atoms with Gasteiger partial charge in [0.25, 0.3) is 0 Å². The van der Waals surface area contributed by atoms with Crippen molar-refractivity contribution in [3.63, 3.8) is 0 Å². The third kappa shape index (κ3) is 3.77. The number of benzene rings is 2. The highest BCUT2D eigenvalue weighted by atomic mass is 32.2. The number of aryl methyl sites for hydroxylation is 1. The molecule has 28 heavy (non-hydrogen) atoms. The van der Waals surface area contributed by atoms with Crippen molar-refractivity contribution < 1.29 is 4.74 Å². The van der Waals surface area contributed by atoms with Gasteiger partial charge in [0.05, 0.1) is 12.8 Å². The molecule has 4 aromatic rings. The summed E-state index contributed by atoms with van der Waals surface area (Å²) in [5, 5.41) is 9.81. The van der Waals surface area contributed by atoms with E-state index in [4.69, 9.17) is 4.74 Å². The predicted molar refractivity (Wildman–Crippen MR) is 112 cm³/mol. The van der Waals surface area contributed by atoms with E-state index in [0.29, 0.717) is 0 Å². The second-order valence-corrected chi connectivity index (χ2v) is 7.25. The Balaban J connectivity index is 1.71. The highest BCUT2D eigenvalue weighted by Gasteiger charge is 2.17. The lowest BCUT2D eigenvalue weighted by Gasteiger charge is -2.12. The zero-order valence-electron chi connectivity index (χ0n) is 15.7. The molecule has 0 aliphatic carbocycles. The Morgan fingerprint density at radius 1 is 0.964 bits per heavy atom. The summed E-state index contributed by atoms with van der Waals surface area (Å²) in [7, 11) is 1.67. The predicted octanol–water partition coefficient (Wildman–Crippen LogP) is 4.94. The van der Waals surface area contributed by atoms with Gasteiger partial charge in [-0.2, -0.15) is 0 Å². The van der Waals surface area contributed by atoms with Gasteiger partial charge in [-0.05, 0) is 48.4 Å². The van der Waals surface area contributed by atoms with E-state index >= 15 is 0 Å². The average molecular weight is 388 g/mol. The molecule has 0 radical (unpaired) electrons. The molecule has 0 fully saturated rings. The van der Waals surface area contributed by atoms with E-state index in [1.54, 1.807) is 25.1 Å². The standard InChI is InChI=1S/C22H20N4OS/c1-16-6-3-4-8-20(16)26-21(18-7-5-13-23-14-18)24-25-22(26)28-15-17-9-11-19(27-2)12-10-17/h3-14H,15H2,1-2H3. The van der Waals surface area contributed by atoms with Crippen LogP contribution in [0.15, 0.2) is 78.2 Å². The van der Waals surface area contributed by atoms with Crippen molar-refractivity contribution in [1.29, 1.82) is 0 Å². The number of rotatable bonds is 6. The van der Waals surface area contributed by atoms with Crippen LogP contribution >= 0.6 is 11.8 Å². The van der Waals surface area contributed by atoms with Crippen LogP contribution in [0.5, 0.6) is 5.75 Å². The number of ether oxygens (including phenoxy) is 1. The number of methoxy groups -OCH3 is 1. The summed E-state index contributed by atoms with van der Waals surface area (Å²) >= 11 is 1.66. The van der Waals surface area contributed by atoms with Crippen LogP contribution in [-0.4, -0.2) is 26.9 Å². The van der Waals surface area contributed by atoms with Crippen LogP contribution in [-0.2, 0) is 5.75 Å². The van der Waals surface area contributed by atoms with Crippen molar-refractivity contribution in [1.82, 2.24) is 19.7 Å². The van der Waals surface area contributed by atoms with Crippen molar-refractivity contribution in [3.05, 3.63) is 84.2 Å². The molecule has 2 aromatic carbocycles. The van der Waals surface area contributed by atoms with Crippen LogP contribution in [0.25, 0.3) is 17.1 Å². The maximum absolute atomic E-state index is 5.24. The molecule has 0 atom stereocenters. The lowest BCUT2D eigenvalue weighted by Crippen LogP contribution is -2.02. The van der Waals surface area contributed by atoms with E-state index in [9.17, 15) is 0 Å². The second-order valence-electron chi connectivity index (χ2n) is 6.31. The first kappa shape index (κ1) is 18.3. The first-order valence-corrected chi connectivity index (χ1v) is 9.92. The van der Waals surface area contributed by atoms with Gasteiger partial charge in [0, 0.05) is 23.7 Å². The summed E-state index contributed by atoms with van der Waals surface area (Å²) in [5.74, 6) is 2.44. The minimum Gasteiger partial charge on any atom is -0.497 e. The molecule has 0 saturated carbocycles. The van der Waals surface area contributed by atoms with Crippen LogP contribution in [0, 0.1) is 6.92 Å². The van der Waals surface area contributed by atoms with Gasteiger partial charge in [0.2, 0.25) is 0 Å². The van der Waals surface area contributed by atoms with E-state index in [1.165, 1.54) is 11.1 Å². The van der Waals surface area contributed by atoms with Crippen molar-refractivity contribution in [2.45, 2.75) is 17.8 Å². The Morgan fingerprint density at radius 3 is 2.50 bits per heavy atom. The summed E-state index contributed by atoms with van der Waals surface area (Å²) in [6, 6.07) is 20.3. The van der Waals surface area contributed by atoms with Crippen LogP contribution < -0.4 is 4.74 Å². The number of hydrogen-bond donors (Lipinski definition) is 0. The first-order valence-electron chi connectivity index (χ1n) is 8.94. The molecule has 0 saturated heterocycles. The molecular weight excluding hydrogens is 368 g/mol. The van der Waals surface area contributed by atoms with Gasteiger partial charge >= 0.3 is 0 Å². The summed E-state index contributed by atoms with van der Waals surface area (Å²) in [6.45, 7) is 2.10. The van der Waals surface area contributed by atoms with Crippen LogP contribution in [0.1, 0.15) is 11.1 Å². The highest BCUT2D eigenvalue weighted by Crippen LogP contribution is 2.31. The van der Waals surface area contributed by atoms with Crippen molar-refractivity contribution in [2.75, 3.05) is 7.11 Å². The summed E-state index contributed by atoms with van der Waals surface area (Å²) in [5.41, 5.74) is 4.38. The maximum atomic E-state index is 5.24. The van der Waals surface area contributed by atoms with Gasteiger partial charge in [0.15, 0.2) is 11.0 Å². The molecule has 6 heteroatoms. The summed E-state index contributed by atoms with van der Waals surface area (Å²) in [6.07, 6.45) is 3.58. The minimum atomic E-state index is 0.791. The number of nitrogens with zero attached hydrogens (tertiary/aromatic N) is 4. The normalized spacial score (nSPS) is 10.8. The monoisotopic (exact) mass is 388 g/mol. The van der Waals surface area contributed by atoms with E-state index < -0.39 is 0 Å². The molecule has 140 valence electrons. The SMILES string of the molecule is COc1ccc(CSc2nnc(-c3cccnc3)n2-c2ccccc2C)cc1. The van der Waals surface area contributed by atoms with Crippen molar-refractivity contribution in [3.8, 4) is 22.8 Å². The van der Waals surface area contributed by atoms with Crippen LogP contribution in [0.2, 0.25) is 0 Å². The summed E-state index contributed by atoms with van der Waals surface area (Å²) in [4.78, 5) is 4.24. The molecule has 0 N–H and O–H groups in total. The molecule has 0 bridgehead atoms. The molecular formula is C22H20N4OS. The van der Waals surface area contributed by atoms with Gasteiger partial charge in [0.1, 0.15) is 5.75 Å². The molecule has 0 unspecified atom stereocenters. The molecule has 2 heterocycles. The number of para-hydroxylation sites is 1. The van der Waals surface area contributed by atoms with E-state index in [2.05, 4.69) is 50.9 Å². The van der Waals surface area contributed by atoms with Gasteiger partial charge in [-0.25, -0.2) is 0 Å². The molecule has 0 aliphatic rings. The van der Waals surface area contributed by atoms with E-state index in [0.717, 1.165) is 33.7 Å². The lowest BCUT2D eigenvalue weighted by molar-refractivity contribution is 0.414. The minimum absolute atomic E-state index is 0.791. The fraction of sp³-hybridized carbons (Fsp3) is 0.136. The fourth-order valence-corrected chi connectivity index (χ4v) is 3.85. The van der Waals surface area contributed by atoms with Gasteiger partial charge in [-0.15, -0.1) is 10.2 Å². The van der Waals surface area contributed by atoms with Gasteiger partial charge in [-0.1, -0.05) is 42.1 Å². The van der Waals surface area contributed by atoms with Crippen LogP contribution in [0.4, 0.5) is 0 Å². The highest BCUT2D eigenvalue weighted by molar-refractivity contribution is 7.98. The Bertz CT molecular complexity index is 1060. The van der Waals surface area contributed by atoms with Crippen molar-refractivity contribution in [2.24, 2.45) is 0 Å². The molecule has 2 aromatic heterocycles. The fourth-order valence-electron chi connectivity index (χ4n) is 2.95. The number of thioether (sulfide) groups is 1. The Kier molecular flexibility index (Phi) is 5.39. The Hall–Kier alpha value is -3.12. The quantitative estimate of drug-likeness (QED) is 0.438. The van der Waals surface area contributed by atoms with E-state index in [-0.39, 0.29) is 0 Å². The molecule has 0 amide bonds. The first-order chi connectivity index (χ1) is 13.8. The average Bonchev–Trinajstić information content (AvgIpc) is 3.17. The zero-order chi connectivity index (χ0) is 19.3. The third-order valence-corrected chi connectivity index (χ3v) is 5.44. The third-order valence-electron chi connectivity index (χ3n) is 4.44. The second kappa shape index (κ2) is 8.27. The summed E-state index contributed by atoms with van der Waals surface area (Å²) < 4.78 is 7.35. The van der Waals surface area contributed by atoms with Gasteiger partial charge < -0.3 is 4.74 Å². The van der Waals surface area contributed by atoms with Gasteiger partial charge in [-0.3, -0.25) is 9.55 Å². The molecule has 0 aliphatic heterocycles. The topological polar surface area (TPSA) is 52.8 Å². The molecule has 0 spiro atoms. The zero-order valence-corrected chi connectivity index (χ0v) is 16.6. The van der Waals surface area contributed by atoms with Crippen molar-refractivity contribution >= 4 is 11.8 Å². The number of pyridine rings is 1. The Labute approximate surface area is 168 Å². The molecule has 5 nitrogen and oxygen atoms in total. The lowest BCUT2D eigenvalue weighted by atomic mass is 10.2. The largest absolute Gasteiger partial charge is 0.497 e.